The largest absolute Gasteiger partial charge is 0.861 e. The molecule has 0 saturated heterocycles. The van der Waals surface area contributed by atoms with Crippen molar-refractivity contribution in [3.8, 4) is 5.75 Å². The van der Waals surface area contributed by atoms with Crippen molar-refractivity contribution in [2.24, 2.45) is 9.98 Å². The molecule has 0 fully saturated rings. The number of amides is 1. The molecule has 10 heteroatoms. The summed E-state index contributed by atoms with van der Waals surface area (Å²) in [6.07, 6.45) is 3.27. The molecule has 2 heterocycles. The predicted molar refractivity (Wildman–Crippen MR) is 129 cm³/mol. The lowest BCUT2D eigenvalue weighted by Gasteiger charge is -2.18. The maximum absolute atomic E-state index is 13.2. The summed E-state index contributed by atoms with van der Waals surface area (Å²) in [5, 5.41) is 16.7. The molecule has 0 saturated carbocycles. The van der Waals surface area contributed by atoms with E-state index in [1.807, 2.05) is 68.4 Å². The minimum atomic E-state index is -0.423. The number of rotatable bonds is 7. The number of hydrogen-bond donors (Lipinski definition) is 0. The maximum Gasteiger partial charge on any atom is 0.320 e. The highest BCUT2D eigenvalue weighted by molar-refractivity contribution is 8.14. The first-order valence-corrected chi connectivity index (χ1v) is 11.5. The van der Waals surface area contributed by atoms with Crippen LogP contribution in [0, 0.1) is 0 Å². The lowest BCUT2D eigenvalue weighted by Crippen LogP contribution is -2.36. The van der Waals surface area contributed by atoms with Crippen molar-refractivity contribution in [2.75, 3.05) is 17.8 Å². The van der Waals surface area contributed by atoms with Crippen molar-refractivity contribution in [1.29, 1.82) is 0 Å². The third kappa shape index (κ3) is 5.34. The Bertz CT molecular complexity index is 1250. The predicted octanol–water partition coefficient (Wildman–Crippen LogP) is 3.12. The monoisotopic (exact) mass is 477 g/mol. The Balaban J connectivity index is 1.57. The number of carbonyl (C=O) groups excluding carboxylic acids is 1. The smallest absolute Gasteiger partial charge is 0.320 e. The first-order chi connectivity index (χ1) is 16.4. The average molecular weight is 478 g/mol. The maximum atomic E-state index is 13.2. The molecule has 3 aromatic rings. The molecule has 9 nitrogen and oxygen atoms in total. The summed E-state index contributed by atoms with van der Waals surface area (Å²) in [4.78, 5) is 23.2. The molecule has 4 rings (SSSR count). The van der Waals surface area contributed by atoms with Crippen LogP contribution in [0.1, 0.15) is 25.5 Å². The van der Waals surface area contributed by atoms with E-state index in [0.29, 0.717) is 10.9 Å². The first kappa shape index (κ1) is 23.2. The molecule has 1 amide bonds. The number of thioether (sulfide) groups is 1. The Morgan fingerprint density at radius 3 is 2.62 bits per heavy atom. The molecule has 1 aromatic heterocycles. The minimum absolute atomic E-state index is 0.0202. The van der Waals surface area contributed by atoms with Crippen LogP contribution in [-0.4, -0.2) is 35.1 Å². The van der Waals surface area contributed by atoms with Gasteiger partial charge in [-0.05, 0) is 60.3 Å². The summed E-state index contributed by atoms with van der Waals surface area (Å²) in [6.45, 7) is 3.88. The molecule has 34 heavy (non-hydrogen) atoms. The number of aliphatic imine (C=N–C) groups is 2. The summed E-state index contributed by atoms with van der Waals surface area (Å²) < 4.78 is 11.8. The lowest BCUT2D eigenvalue weighted by molar-refractivity contribution is -0.779. The van der Waals surface area contributed by atoms with Crippen molar-refractivity contribution >= 4 is 46.4 Å². The minimum Gasteiger partial charge on any atom is -0.861 e. The number of amidine groups is 1. The van der Waals surface area contributed by atoms with Gasteiger partial charge in [0, 0.05) is 5.75 Å². The van der Waals surface area contributed by atoms with E-state index < -0.39 is 5.90 Å². The SMILES string of the molecule is COc1ccc(/C=C2/N=C(SC/C([O-])=N/c3c[n+](C(C)C)no3)N(c3ccccc3)C2=O)cc1. The third-order valence-electron chi connectivity index (χ3n) is 4.82. The van der Waals surface area contributed by atoms with Gasteiger partial charge in [-0.2, -0.15) is 0 Å². The van der Waals surface area contributed by atoms with Crippen LogP contribution >= 0.6 is 11.8 Å². The Hall–Kier alpha value is -3.92. The number of carbonyl (C=O) groups is 1. The van der Waals surface area contributed by atoms with Gasteiger partial charge in [0.25, 0.3) is 12.1 Å². The standard InChI is InChI=1S/C24H23N5O4S/c1-16(2)28-14-22(33-27-28)26-21(30)15-34-24-25-20(13-17-9-11-19(32-3)12-10-17)23(31)29(24)18-7-5-4-6-8-18/h4-14,16H,15H2,1-3H3/b20-13+. The Kier molecular flexibility index (Phi) is 7.07. The number of ether oxygens (including phenoxy) is 1. The molecule has 0 unspecified atom stereocenters. The average Bonchev–Trinajstić information content (AvgIpc) is 3.43. The summed E-state index contributed by atoms with van der Waals surface area (Å²) in [5.74, 6) is 0.130. The van der Waals surface area contributed by atoms with Crippen molar-refractivity contribution in [1.82, 2.24) is 5.27 Å². The topological polar surface area (TPSA) is 107 Å². The molecule has 1 aliphatic heterocycles. The zero-order chi connectivity index (χ0) is 24.1. The fourth-order valence-electron chi connectivity index (χ4n) is 3.08. The molecular weight excluding hydrogens is 454 g/mol. The molecule has 0 aliphatic carbocycles. The number of benzene rings is 2. The van der Waals surface area contributed by atoms with Crippen LogP contribution in [0.3, 0.4) is 0 Å². The zero-order valence-corrected chi connectivity index (χ0v) is 19.7. The molecular formula is C24H23N5O4S. The second-order valence-corrected chi connectivity index (χ2v) is 8.52. The van der Waals surface area contributed by atoms with E-state index in [2.05, 4.69) is 15.3 Å². The van der Waals surface area contributed by atoms with Gasteiger partial charge >= 0.3 is 5.88 Å². The van der Waals surface area contributed by atoms with Gasteiger partial charge in [-0.25, -0.2) is 9.98 Å². The second kappa shape index (κ2) is 10.3. The fourth-order valence-corrected chi connectivity index (χ4v) is 3.88. The van der Waals surface area contributed by atoms with E-state index in [1.54, 1.807) is 24.1 Å². The fraction of sp³-hybridized carbons (Fsp3) is 0.208. The molecule has 0 atom stereocenters. The molecule has 0 spiro atoms. The highest BCUT2D eigenvalue weighted by Gasteiger charge is 2.31. The highest BCUT2D eigenvalue weighted by atomic mass is 32.2. The number of aromatic nitrogens is 2. The van der Waals surface area contributed by atoms with Crippen LogP contribution in [0.4, 0.5) is 11.6 Å². The summed E-state index contributed by atoms with van der Waals surface area (Å²) in [5.41, 5.74) is 1.74. The number of methoxy groups -OCH3 is 1. The molecule has 0 bridgehead atoms. The molecule has 174 valence electrons. The van der Waals surface area contributed by atoms with E-state index in [-0.39, 0.29) is 29.3 Å². The van der Waals surface area contributed by atoms with E-state index in [9.17, 15) is 9.90 Å². The second-order valence-electron chi connectivity index (χ2n) is 7.58. The van der Waals surface area contributed by atoms with Gasteiger partial charge in [-0.3, -0.25) is 14.2 Å². The van der Waals surface area contributed by atoms with Gasteiger partial charge in [-0.1, -0.05) is 42.1 Å². The van der Waals surface area contributed by atoms with Crippen molar-refractivity contribution in [3.05, 3.63) is 72.1 Å². The lowest BCUT2D eigenvalue weighted by atomic mass is 10.2. The van der Waals surface area contributed by atoms with Gasteiger partial charge in [0.1, 0.15) is 11.4 Å². The number of para-hydroxylation sites is 1. The van der Waals surface area contributed by atoms with E-state index in [1.165, 1.54) is 4.90 Å². The summed E-state index contributed by atoms with van der Waals surface area (Å²) >= 11 is 1.13. The number of hydrogen-bond acceptors (Lipinski definition) is 8. The molecule has 1 aliphatic rings. The molecule has 2 aromatic carbocycles. The first-order valence-electron chi connectivity index (χ1n) is 10.5. The Labute approximate surface area is 201 Å². The van der Waals surface area contributed by atoms with Gasteiger partial charge < -0.3 is 9.84 Å². The third-order valence-corrected chi connectivity index (χ3v) is 5.75. The van der Waals surface area contributed by atoms with Gasteiger partial charge in [0.15, 0.2) is 11.2 Å². The van der Waals surface area contributed by atoms with E-state index >= 15 is 0 Å². The molecule has 0 radical (unpaired) electrons. The van der Waals surface area contributed by atoms with Gasteiger partial charge in [0.2, 0.25) is 5.27 Å². The summed E-state index contributed by atoms with van der Waals surface area (Å²) in [6, 6.07) is 16.6. The van der Waals surface area contributed by atoms with Crippen molar-refractivity contribution in [3.63, 3.8) is 0 Å². The van der Waals surface area contributed by atoms with Crippen LogP contribution < -0.4 is 19.4 Å². The normalized spacial score (nSPS) is 15.4. The Morgan fingerprint density at radius 2 is 1.97 bits per heavy atom. The number of nitrogens with zero attached hydrogens (tertiary/aromatic N) is 5. The number of anilines is 1. The van der Waals surface area contributed by atoms with Gasteiger partial charge in [0.05, 0.1) is 12.8 Å². The summed E-state index contributed by atoms with van der Waals surface area (Å²) in [7, 11) is 1.59. The van der Waals surface area contributed by atoms with E-state index in [4.69, 9.17) is 9.26 Å². The highest BCUT2D eigenvalue weighted by Crippen LogP contribution is 2.29. The Morgan fingerprint density at radius 1 is 1.24 bits per heavy atom. The van der Waals surface area contributed by atoms with E-state index in [0.717, 1.165) is 23.1 Å². The van der Waals surface area contributed by atoms with Crippen LogP contribution in [0.2, 0.25) is 0 Å². The zero-order valence-electron chi connectivity index (χ0n) is 18.9. The van der Waals surface area contributed by atoms with Crippen LogP contribution in [0.15, 0.2) is 81.0 Å². The van der Waals surface area contributed by atoms with Crippen molar-refractivity contribution in [2.45, 2.75) is 19.9 Å². The van der Waals surface area contributed by atoms with Crippen molar-refractivity contribution < 1.29 is 23.8 Å². The van der Waals surface area contributed by atoms with Crippen LogP contribution in [0.5, 0.6) is 5.75 Å². The quantitative estimate of drug-likeness (QED) is 0.224. The van der Waals surface area contributed by atoms with Gasteiger partial charge in [-0.15, -0.1) is 0 Å². The van der Waals surface area contributed by atoms with Crippen LogP contribution in [-0.2, 0) is 4.79 Å². The van der Waals surface area contributed by atoms with Crippen LogP contribution in [0.25, 0.3) is 6.08 Å². The molecule has 0 N–H and O–H groups in total.